The zero-order valence-corrected chi connectivity index (χ0v) is 13.4. The lowest BCUT2D eigenvalue weighted by atomic mass is 10.0. The third kappa shape index (κ3) is 4.13. The Morgan fingerprint density at radius 3 is 2.29 bits per heavy atom. The molecular formula is C19H21N3O2. The highest BCUT2D eigenvalue weighted by atomic mass is 16.2. The number of nitrogens with one attached hydrogen (secondary N) is 2. The highest BCUT2D eigenvalue weighted by Gasteiger charge is 2.33. The van der Waals surface area contributed by atoms with E-state index >= 15 is 0 Å². The van der Waals surface area contributed by atoms with Crippen LogP contribution in [0.3, 0.4) is 0 Å². The predicted molar refractivity (Wildman–Crippen MR) is 92.2 cm³/mol. The molecule has 1 aliphatic rings. The highest BCUT2D eigenvalue weighted by molar-refractivity contribution is 5.94. The van der Waals surface area contributed by atoms with Gasteiger partial charge in [-0.3, -0.25) is 4.79 Å². The maximum atomic E-state index is 12.5. The van der Waals surface area contributed by atoms with Crippen LogP contribution in [-0.4, -0.2) is 11.9 Å². The molecular weight excluding hydrogens is 302 g/mol. The molecule has 24 heavy (non-hydrogen) atoms. The quantitative estimate of drug-likeness (QED) is 0.763. The number of hydrogen-bond donors (Lipinski definition) is 3. The molecule has 5 heteroatoms. The fraction of sp³-hybridized carbons (Fsp3) is 0.263. The number of amides is 3. The van der Waals surface area contributed by atoms with E-state index < -0.39 is 6.03 Å². The van der Waals surface area contributed by atoms with E-state index in [9.17, 15) is 9.59 Å². The number of carbonyl (C=O) groups excluding carboxylic acids is 2. The van der Waals surface area contributed by atoms with Crippen molar-refractivity contribution in [2.24, 2.45) is 11.7 Å². The Bertz CT molecular complexity index is 709. The number of urea groups is 1. The largest absolute Gasteiger partial charge is 0.352 e. The van der Waals surface area contributed by atoms with Gasteiger partial charge < -0.3 is 16.4 Å². The van der Waals surface area contributed by atoms with E-state index in [-0.39, 0.29) is 11.9 Å². The monoisotopic (exact) mass is 323 g/mol. The summed E-state index contributed by atoms with van der Waals surface area (Å²) in [5.41, 5.74) is 7.70. The Morgan fingerprint density at radius 1 is 1.04 bits per heavy atom. The third-order valence-electron chi connectivity index (χ3n) is 4.22. The van der Waals surface area contributed by atoms with Crippen LogP contribution in [-0.2, 0) is 6.54 Å². The van der Waals surface area contributed by atoms with Crippen LogP contribution in [0.5, 0.6) is 0 Å². The Hall–Kier alpha value is -2.82. The fourth-order valence-electron chi connectivity index (χ4n) is 2.75. The maximum Gasteiger partial charge on any atom is 0.312 e. The second-order valence-corrected chi connectivity index (χ2v) is 6.11. The van der Waals surface area contributed by atoms with E-state index in [2.05, 4.69) is 22.8 Å². The molecule has 3 rings (SSSR count). The average Bonchev–Trinajstić information content (AvgIpc) is 3.44. The molecule has 1 aliphatic carbocycles. The van der Waals surface area contributed by atoms with Crippen LogP contribution in [0.2, 0.25) is 0 Å². The zero-order valence-electron chi connectivity index (χ0n) is 13.4. The van der Waals surface area contributed by atoms with Crippen molar-refractivity contribution in [3.8, 4) is 0 Å². The molecule has 0 saturated heterocycles. The highest BCUT2D eigenvalue weighted by Crippen LogP contribution is 2.41. The number of primary amides is 1. The predicted octanol–water partition coefficient (Wildman–Crippen LogP) is 2.74. The first kappa shape index (κ1) is 16.1. The number of benzene rings is 2. The Kier molecular flexibility index (Phi) is 4.79. The van der Waals surface area contributed by atoms with Gasteiger partial charge in [-0.1, -0.05) is 42.5 Å². The van der Waals surface area contributed by atoms with Gasteiger partial charge in [-0.2, -0.15) is 0 Å². The van der Waals surface area contributed by atoms with Crippen molar-refractivity contribution in [1.82, 2.24) is 10.6 Å². The van der Waals surface area contributed by atoms with Gasteiger partial charge in [0, 0.05) is 12.1 Å². The summed E-state index contributed by atoms with van der Waals surface area (Å²) in [6.45, 7) is 0.353. The van der Waals surface area contributed by atoms with Crippen molar-refractivity contribution in [2.75, 3.05) is 0 Å². The normalized spacial score (nSPS) is 14.7. The van der Waals surface area contributed by atoms with E-state index in [1.54, 1.807) is 12.1 Å². The van der Waals surface area contributed by atoms with E-state index in [0.29, 0.717) is 18.0 Å². The first-order chi connectivity index (χ1) is 11.6. The molecule has 5 nitrogen and oxygen atoms in total. The lowest BCUT2D eigenvalue weighted by molar-refractivity contribution is 0.0931. The maximum absolute atomic E-state index is 12.5. The Morgan fingerprint density at radius 2 is 1.71 bits per heavy atom. The second-order valence-electron chi connectivity index (χ2n) is 6.11. The molecule has 1 atom stereocenters. The molecule has 3 amide bonds. The van der Waals surface area contributed by atoms with Gasteiger partial charge in [0.15, 0.2) is 0 Å². The van der Waals surface area contributed by atoms with Gasteiger partial charge in [-0.05, 0) is 42.0 Å². The van der Waals surface area contributed by atoms with Crippen LogP contribution >= 0.6 is 0 Å². The summed E-state index contributed by atoms with van der Waals surface area (Å²) < 4.78 is 0. The van der Waals surface area contributed by atoms with Crippen molar-refractivity contribution in [3.05, 3.63) is 71.3 Å². The standard InChI is InChI=1S/C19H21N3O2/c20-19(24)21-12-13-6-8-16(9-7-13)18(23)22-17(15-10-11-15)14-4-2-1-3-5-14/h1-9,15,17H,10-12H2,(H,22,23)(H3,20,21,24)/t17-/m0/s1. The van der Waals surface area contributed by atoms with Crippen LogP contribution in [0.1, 0.15) is 40.4 Å². The van der Waals surface area contributed by atoms with Gasteiger partial charge in [-0.25, -0.2) is 4.79 Å². The van der Waals surface area contributed by atoms with Crippen LogP contribution < -0.4 is 16.4 Å². The molecule has 0 unspecified atom stereocenters. The number of carbonyl (C=O) groups is 2. The smallest absolute Gasteiger partial charge is 0.312 e. The van der Waals surface area contributed by atoms with Crippen molar-refractivity contribution >= 4 is 11.9 Å². The van der Waals surface area contributed by atoms with Crippen molar-refractivity contribution in [3.63, 3.8) is 0 Å². The van der Waals surface area contributed by atoms with E-state index in [0.717, 1.165) is 24.0 Å². The number of hydrogen-bond acceptors (Lipinski definition) is 2. The molecule has 0 bridgehead atoms. The molecule has 0 aliphatic heterocycles. The summed E-state index contributed by atoms with van der Waals surface area (Å²) in [4.78, 5) is 23.3. The SMILES string of the molecule is NC(=O)NCc1ccc(C(=O)N[C@@H](c2ccccc2)C2CC2)cc1. The lowest BCUT2D eigenvalue weighted by Crippen LogP contribution is -2.30. The zero-order chi connectivity index (χ0) is 16.9. The van der Waals surface area contributed by atoms with E-state index in [4.69, 9.17) is 5.73 Å². The molecule has 4 N–H and O–H groups in total. The van der Waals surface area contributed by atoms with Crippen LogP contribution in [0.25, 0.3) is 0 Å². The number of nitrogens with two attached hydrogens (primary N) is 1. The minimum Gasteiger partial charge on any atom is -0.352 e. The minimum atomic E-state index is -0.563. The molecule has 0 radical (unpaired) electrons. The molecule has 2 aromatic carbocycles. The summed E-state index contributed by atoms with van der Waals surface area (Å²) in [5, 5.41) is 5.68. The van der Waals surface area contributed by atoms with Gasteiger partial charge in [0.05, 0.1) is 6.04 Å². The van der Waals surface area contributed by atoms with Gasteiger partial charge in [0.1, 0.15) is 0 Å². The minimum absolute atomic E-state index is 0.0647. The summed E-state index contributed by atoms with van der Waals surface area (Å²) in [7, 11) is 0. The number of rotatable bonds is 6. The summed E-state index contributed by atoms with van der Waals surface area (Å²) >= 11 is 0. The lowest BCUT2D eigenvalue weighted by Gasteiger charge is -2.19. The molecule has 124 valence electrons. The van der Waals surface area contributed by atoms with Crippen LogP contribution in [0.4, 0.5) is 4.79 Å². The topological polar surface area (TPSA) is 84.2 Å². The van der Waals surface area contributed by atoms with Crippen molar-refractivity contribution in [2.45, 2.75) is 25.4 Å². The summed E-state index contributed by atoms with van der Waals surface area (Å²) in [5.74, 6) is 0.445. The van der Waals surface area contributed by atoms with Gasteiger partial charge in [-0.15, -0.1) is 0 Å². The first-order valence-electron chi connectivity index (χ1n) is 8.11. The summed E-state index contributed by atoms with van der Waals surface area (Å²) in [6.07, 6.45) is 2.30. The Labute approximate surface area is 141 Å². The molecule has 0 spiro atoms. The third-order valence-corrected chi connectivity index (χ3v) is 4.22. The molecule has 0 heterocycles. The van der Waals surface area contributed by atoms with Crippen molar-refractivity contribution in [1.29, 1.82) is 0 Å². The first-order valence-corrected chi connectivity index (χ1v) is 8.11. The molecule has 1 fully saturated rings. The van der Waals surface area contributed by atoms with E-state index in [1.165, 1.54) is 0 Å². The fourth-order valence-corrected chi connectivity index (χ4v) is 2.75. The average molecular weight is 323 g/mol. The molecule has 2 aromatic rings. The molecule has 1 saturated carbocycles. The van der Waals surface area contributed by atoms with Crippen LogP contribution in [0, 0.1) is 5.92 Å². The van der Waals surface area contributed by atoms with Crippen LogP contribution in [0.15, 0.2) is 54.6 Å². The van der Waals surface area contributed by atoms with Gasteiger partial charge >= 0.3 is 6.03 Å². The van der Waals surface area contributed by atoms with Gasteiger partial charge in [0.2, 0.25) is 0 Å². The van der Waals surface area contributed by atoms with Crippen molar-refractivity contribution < 1.29 is 9.59 Å². The van der Waals surface area contributed by atoms with E-state index in [1.807, 2.05) is 30.3 Å². The Balaban J connectivity index is 1.66. The molecule has 0 aromatic heterocycles. The summed E-state index contributed by atoms with van der Waals surface area (Å²) in [6, 6.07) is 16.8. The van der Waals surface area contributed by atoms with Gasteiger partial charge in [0.25, 0.3) is 5.91 Å². The second kappa shape index (κ2) is 7.17.